The van der Waals surface area contributed by atoms with Gasteiger partial charge in [0.1, 0.15) is 6.34 Å². The van der Waals surface area contributed by atoms with Crippen molar-refractivity contribution in [1.29, 1.82) is 0 Å². The molecule has 0 heterocycles. The second kappa shape index (κ2) is 6.16. The lowest BCUT2D eigenvalue weighted by atomic mass is 10.2. The second-order valence-electron chi connectivity index (χ2n) is 3.81. The molecule has 4 heteroatoms. The van der Waals surface area contributed by atoms with Crippen molar-refractivity contribution < 1.29 is 0 Å². The predicted molar refractivity (Wildman–Crippen MR) is 74.8 cm³/mol. The molecule has 0 saturated carbocycles. The maximum atomic E-state index is 5.89. The molecule has 0 aromatic heterocycles. The fourth-order valence-electron chi connectivity index (χ4n) is 1.27. The number of benzene rings is 1. The first kappa shape index (κ1) is 13.4. The van der Waals surface area contributed by atoms with E-state index in [1.807, 2.05) is 37.7 Å². The molecule has 0 fully saturated rings. The highest BCUT2D eigenvalue weighted by Crippen LogP contribution is 2.22. The SMILES string of the molecule is CSN(C=Nc1ccc(Cl)cc1C)C(C)C. The largest absolute Gasteiger partial charge is 0.304 e. The Kier molecular flexibility index (Phi) is 5.16. The summed E-state index contributed by atoms with van der Waals surface area (Å²) in [7, 11) is 0. The molecular weight excluding hydrogens is 240 g/mol. The van der Waals surface area contributed by atoms with Gasteiger partial charge in [-0.2, -0.15) is 0 Å². The molecule has 0 aliphatic carbocycles. The fourth-order valence-corrected chi connectivity index (χ4v) is 2.06. The van der Waals surface area contributed by atoms with Crippen LogP contribution in [0.4, 0.5) is 5.69 Å². The zero-order chi connectivity index (χ0) is 12.1. The van der Waals surface area contributed by atoms with Gasteiger partial charge in [-0.15, -0.1) is 0 Å². The minimum Gasteiger partial charge on any atom is -0.304 e. The fraction of sp³-hybridized carbons (Fsp3) is 0.417. The third-order valence-corrected chi connectivity index (χ3v) is 3.36. The lowest BCUT2D eigenvalue weighted by molar-refractivity contribution is 0.565. The molecule has 0 spiro atoms. The number of halogens is 1. The third kappa shape index (κ3) is 3.72. The third-order valence-electron chi connectivity index (χ3n) is 2.19. The van der Waals surface area contributed by atoms with Crippen molar-refractivity contribution in [3.8, 4) is 0 Å². The van der Waals surface area contributed by atoms with Crippen LogP contribution in [0.25, 0.3) is 0 Å². The number of rotatable bonds is 4. The highest BCUT2D eigenvalue weighted by Gasteiger charge is 2.03. The minimum atomic E-state index is 0.436. The van der Waals surface area contributed by atoms with Gasteiger partial charge in [0.2, 0.25) is 0 Å². The first-order chi connectivity index (χ1) is 7.54. The molecule has 0 atom stereocenters. The molecular formula is C12H17ClN2S. The summed E-state index contributed by atoms with van der Waals surface area (Å²) in [5.74, 6) is 0. The number of hydrogen-bond acceptors (Lipinski definition) is 2. The topological polar surface area (TPSA) is 15.6 Å². The van der Waals surface area contributed by atoms with Crippen LogP contribution in [0.3, 0.4) is 0 Å². The zero-order valence-electron chi connectivity index (χ0n) is 10.1. The van der Waals surface area contributed by atoms with Crippen molar-refractivity contribution in [2.45, 2.75) is 26.8 Å². The quantitative estimate of drug-likeness (QED) is 0.454. The van der Waals surface area contributed by atoms with E-state index in [2.05, 4.69) is 23.1 Å². The summed E-state index contributed by atoms with van der Waals surface area (Å²) in [5.41, 5.74) is 2.05. The first-order valence-corrected chi connectivity index (χ1v) is 6.73. The Bertz CT molecular complexity index is 377. The van der Waals surface area contributed by atoms with Gasteiger partial charge in [-0.05, 0) is 44.5 Å². The van der Waals surface area contributed by atoms with Crippen LogP contribution in [0.5, 0.6) is 0 Å². The summed E-state index contributed by atoms with van der Waals surface area (Å²) in [5, 5.41) is 0.752. The van der Waals surface area contributed by atoms with Gasteiger partial charge in [-0.3, -0.25) is 0 Å². The van der Waals surface area contributed by atoms with Gasteiger partial charge >= 0.3 is 0 Å². The van der Waals surface area contributed by atoms with Crippen molar-refractivity contribution in [3.63, 3.8) is 0 Å². The van der Waals surface area contributed by atoms with Crippen molar-refractivity contribution in [3.05, 3.63) is 28.8 Å². The van der Waals surface area contributed by atoms with Gasteiger partial charge in [0.15, 0.2) is 0 Å². The number of aryl methyl sites for hydroxylation is 1. The molecule has 0 saturated heterocycles. The Hall–Kier alpha value is -0.670. The molecule has 0 aliphatic heterocycles. The summed E-state index contributed by atoms with van der Waals surface area (Å²) >= 11 is 7.56. The smallest absolute Gasteiger partial charge is 0.101 e. The molecule has 16 heavy (non-hydrogen) atoms. The van der Waals surface area contributed by atoms with Crippen LogP contribution >= 0.6 is 23.5 Å². The molecule has 88 valence electrons. The van der Waals surface area contributed by atoms with E-state index in [1.54, 1.807) is 11.9 Å². The molecule has 0 unspecified atom stereocenters. The molecule has 1 rings (SSSR count). The van der Waals surface area contributed by atoms with E-state index in [9.17, 15) is 0 Å². The maximum Gasteiger partial charge on any atom is 0.101 e. The van der Waals surface area contributed by atoms with E-state index < -0.39 is 0 Å². The lowest BCUT2D eigenvalue weighted by Crippen LogP contribution is -2.21. The molecule has 1 aromatic rings. The van der Waals surface area contributed by atoms with E-state index in [0.29, 0.717) is 6.04 Å². The Morgan fingerprint density at radius 2 is 2.12 bits per heavy atom. The number of nitrogens with zero attached hydrogens (tertiary/aromatic N) is 2. The van der Waals surface area contributed by atoms with Crippen LogP contribution in [-0.2, 0) is 0 Å². The van der Waals surface area contributed by atoms with Crippen LogP contribution in [0.2, 0.25) is 5.02 Å². The summed E-state index contributed by atoms with van der Waals surface area (Å²) in [6.45, 7) is 6.28. The van der Waals surface area contributed by atoms with E-state index in [4.69, 9.17) is 11.6 Å². The molecule has 0 radical (unpaired) electrons. The van der Waals surface area contributed by atoms with Crippen LogP contribution in [0.15, 0.2) is 23.2 Å². The van der Waals surface area contributed by atoms with Crippen LogP contribution in [0, 0.1) is 6.92 Å². The van der Waals surface area contributed by atoms with Gasteiger partial charge < -0.3 is 4.31 Å². The molecule has 1 aromatic carbocycles. The lowest BCUT2D eigenvalue weighted by Gasteiger charge is -2.19. The van der Waals surface area contributed by atoms with Gasteiger partial charge in [0, 0.05) is 17.3 Å². The highest BCUT2D eigenvalue weighted by atomic mass is 35.5. The summed E-state index contributed by atoms with van der Waals surface area (Å²) in [6, 6.07) is 6.16. The van der Waals surface area contributed by atoms with Gasteiger partial charge in [0.25, 0.3) is 0 Å². The Labute approximate surface area is 107 Å². The normalized spacial score (nSPS) is 11.4. The minimum absolute atomic E-state index is 0.436. The standard InChI is InChI=1S/C12H17ClN2S/c1-9(2)15(16-4)8-14-12-6-5-11(13)7-10(12)3/h5-9H,1-4H3. The van der Waals surface area contributed by atoms with E-state index in [-0.39, 0.29) is 0 Å². The molecule has 0 N–H and O–H groups in total. The average Bonchev–Trinajstić information content (AvgIpc) is 2.21. The Balaban J connectivity index is 2.83. The number of aliphatic imine (C=N–C) groups is 1. The monoisotopic (exact) mass is 256 g/mol. The van der Waals surface area contributed by atoms with Crippen LogP contribution in [0.1, 0.15) is 19.4 Å². The molecule has 0 bridgehead atoms. The van der Waals surface area contributed by atoms with E-state index >= 15 is 0 Å². The maximum absolute atomic E-state index is 5.89. The predicted octanol–water partition coefficient (Wildman–Crippen LogP) is 4.30. The molecule has 0 aliphatic rings. The second-order valence-corrected chi connectivity index (χ2v) is 5.03. The van der Waals surface area contributed by atoms with Crippen LogP contribution < -0.4 is 0 Å². The Morgan fingerprint density at radius 3 is 2.62 bits per heavy atom. The van der Waals surface area contributed by atoms with Gasteiger partial charge in [-0.1, -0.05) is 23.5 Å². The molecule has 2 nitrogen and oxygen atoms in total. The zero-order valence-corrected chi connectivity index (χ0v) is 11.6. The van der Waals surface area contributed by atoms with Crippen molar-refractivity contribution >= 4 is 35.6 Å². The summed E-state index contributed by atoms with van der Waals surface area (Å²) in [6.07, 6.45) is 3.91. The average molecular weight is 257 g/mol. The number of hydrogen-bond donors (Lipinski definition) is 0. The first-order valence-electron chi connectivity index (χ1n) is 5.17. The van der Waals surface area contributed by atoms with E-state index in [0.717, 1.165) is 16.3 Å². The van der Waals surface area contributed by atoms with Crippen molar-refractivity contribution in [2.24, 2.45) is 4.99 Å². The van der Waals surface area contributed by atoms with Crippen molar-refractivity contribution in [1.82, 2.24) is 4.31 Å². The van der Waals surface area contributed by atoms with Crippen molar-refractivity contribution in [2.75, 3.05) is 6.26 Å². The Morgan fingerprint density at radius 1 is 1.44 bits per heavy atom. The molecule has 0 amide bonds. The van der Waals surface area contributed by atoms with Gasteiger partial charge in [0.05, 0.1) is 5.69 Å². The van der Waals surface area contributed by atoms with Gasteiger partial charge in [-0.25, -0.2) is 4.99 Å². The summed E-state index contributed by atoms with van der Waals surface area (Å²) in [4.78, 5) is 4.46. The van der Waals surface area contributed by atoms with E-state index in [1.165, 1.54) is 0 Å². The summed E-state index contributed by atoms with van der Waals surface area (Å²) < 4.78 is 2.11. The highest BCUT2D eigenvalue weighted by molar-refractivity contribution is 7.96. The van der Waals surface area contributed by atoms with Crippen LogP contribution in [-0.4, -0.2) is 22.9 Å².